The number of methoxy groups -OCH3 is 1. The third-order valence-electron chi connectivity index (χ3n) is 3.40. The van der Waals surface area contributed by atoms with Crippen LogP contribution in [0.25, 0.3) is 16.9 Å². The third kappa shape index (κ3) is 2.68. The zero-order chi connectivity index (χ0) is 16.4. The molecule has 0 spiro atoms. The van der Waals surface area contributed by atoms with E-state index in [2.05, 4.69) is 10.1 Å². The van der Waals surface area contributed by atoms with Crippen molar-refractivity contribution in [1.82, 2.24) is 14.6 Å². The molecule has 2 aromatic heterocycles. The molecule has 0 saturated carbocycles. The van der Waals surface area contributed by atoms with E-state index >= 15 is 0 Å². The van der Waals surface area contributed by atoms with Gasteiger partial charge < -0.3 is 15.2 Å². The van der Waals surface area contributed by atoms with Crippen LogP contribution in [-0.4, -0.2) is 34.3 Å². The topological polar surface area (TPSA) is 91.7 Å². The van der Waals surface area contributed by atoms with Gasteiger partial charge in [0.25, 0.3) is 0 Å². The summed E-state index contributed by atoms with van der Waals surface area (Å²) in [6, 6.07) is 9.28. The van der Waals surface area contributed by atoms with Crippen LogP contribution in [0.15, 0.2) is 36.5 Å². The van der Waals surface area contributed by atoms with E-state index < -0.39 is 5.97 Å². The molecule has 2 N–H and O–H groups in total. The lowest BCUT2D eigenvalue weighted by molar-refractivity contribution is 0.0526. The van der Waals surface area contributed by atoms with Crippen LogP contribution in [0.4, 0.5) is 5.82 Å². The number of hydrogen-bond acceptors (Lipinski definition) is 6. The summed E-state index contributed by atoms with van der Waals surface area (Å²) in [5.41, 5.74) is 8.38. The van der Waals surface area contributed by atoms with Crippen molar-refractivity contribution in [3.05, 3.63) is 42.1 Å². The van der Waals surface area contributed by atoms with Crippen LogP contribution in [0.3, 0.4) is 0 Å². The molecular formula is C16H16N4O3. The van der Waals surface area contributed by atoms with E-state index in [1.54, 1.807) is 20.1 Å². The van der Waals surface area contributed by atoms with Gasteiger partial charge >= 0.3 is 5.97 Å². The highest BCUT2D eigenvalue weighted by Crippen LogP contribution is 2.24. The first-order valence-electron chi connectivity index (χ1n) is 7.10. The van der Waals surface area contributed by atoms with Crippen molar-refractivity contribution >= 4 is 17.4 Å². The normalized spacial score (nSPS) is 10.7. The van der Waals surface area contributed by atoms with Crippen molar-refractivity contribution in [3.63, 3.8) is 0 Å². The summed E-state index contributed by atoms with van der Waals surface area (Å²) >= 11 is 0. The van der Waals surface area contributed by atoms with Crippen molar-refractivity contribution in [2.45, 2.75) is 6.92 Å². The Morgan fingerprint density at radius 2 is 2.04 bits per heavy atom. The summed E-state index contributed by atoms with van der Waals surface area (Å²) in [5, 5.41) is 4.42. The lowest BCUT2D eigenvalue weighted by atomic mass is 10.1. The van der Waals surface area contributed by atoms with Crippen LogP contribution in [0, 0.1) is 0 Å². The third-order valence-corrected chi connectivity index (χ3v) is 3.40. The Hall–Kier alpha value is -3.09. The van der Waals surface area contributed by atoms with Gasteiger partial charge in [0.15, 0.2) is 5.65 Å². The zero-order valence-corrected chi connectivity index (χ0v) is 12.8. The van der Waals surface area contributed by atoms with Gasteiger partial charge in [-0.2, -0.15) is 9.61 Å². The van der Waals surface area contributed by atoms with Gasteiger partial charge in [0.05, 0.1) is 19.4 Å². The summed E-state index contributed by atoms with van der Waals surface area (Å²) in [4.78, 5) is 16.1. The number of anilines is 1. The SMILES string of the molecule is CCOC(=O)c1cnc2cc(-c3ccc(OC)cc3)nn2c1N. The van der Waals surface area contributed by atoms with Gasteiger partial charge in [-0.1, -0.05) is 0 Å². The summed E-state index contributed by atoms with van der Waals surface area (Å²) < 4.78 is 11.5. The lowest BCUT2D eigenvalue weighted by Gasteiger charge is -2.05. The first-order chi connectivity index (χ1) is 11.1. The number of carbonyl (C=O) groups is 1. The standard InChI is InChI=1S/C16H16N4O3/c1-3-23-16(21)12-9-18-14-8-13(19-20(14)15(12)17)10-4-6-11(22-2)7-5-10/h4-9H,3,17H2,1-2H3. The maximum absolute atomic E-state index is 11.9. The van der Waals surface area contributed by atoms with Crippen LogP contribution in [0.5, 0.6) is 5.75 Å². The monoisotopic (exact) mass is 312 g/mol. The minimum Gasteiger partial charge on any atom is -0.497 e. The number of aromatic nitrogens is 3. The Labute approximate surface area is 132 Å². The second kappa shape index (κ2) is 5.96. The molecule has 0 fully saturated rings. The van der Waals surface area contributed by atoms with Gasteiger partial charge in [-0.3, -0.25) is 0 Å². The number of nitrogens with two attached hydrogens (primary N) is 1. The number of ether oxygens (including phenoxy) is 2. The number of hydrogen-bond donors (Lipinski definition) is 1. The van der Waals surface area contributed by atoms with Crippen molar-refractivity contribution in [2.24, 2.45) is 0 Å². The molecule has 0 amide bonds. The predicted octanol–water partition coefficient (Wildman–Crippen LogP) is 2.16. The van der Waals surface area contributed by atoms with Crippen molar-refractivity contribution in [3.8, 4) is 17.0 Å². The van der Waals surface area contributed by atoms with Crippen LogP contribution < -0.4 is 10.5 Å². The van der Waals surface area contributed by atoms with Gasteiger partial charge in [0, 0.05) is 17.8 Å². The predicted molar refractivity (Wildman–Crippen MR) is 85.3 cm³/mol. The van der Waals surface area contributed by atoms with E-state index in [1.807, 2.05) is 24.3 Å². The number of nitrogen functional groups attached to an aromatic ring is 1. The molecule has 1 aromatic carbocycles. The number of fused-ring (bicyclic) bond motifs is 1. The maximum Gasteiger partial charge on any atom is 0.343 e. The Morgan fingerprint density at radius 3 is 2.70 bits per heavy atom. The fourth-order valence-corrected chi connectivity index (χ4v) is 2.22. The first-order valence-corrected chi connectivity index (χ1v) is 7.10. The molecule has 0 aliphatic carbocycles. The smallest absolute Gasteiger partial charge is 0.343 e. The van der Waals surface area contributed by atoms with Gasteiger partial charge in [-0.05, 0) is 31.2 Å². The molecule has 0 aliphatic rings. The average Bonchev–Trinajstić information content (AvgIpc) is 3.00. The molecule has 7 heteroatoms. The van der Waals surface area contributed by atoms with Crippen LogP contribution in [0.2, 0.25) is 0 Å². The van der Waals surface area contributed by atoms with E-state index in [9.17, 15) is 4.79 Å². The number of nitrogens with zero attached hydrogens (tertiary/aromatic N) is 3. The van der Waals surface area contributed by atoms with Crippen LogP contribution >= 0.6 is 0 Å². The van der Waals surface area contributed by atoms with Gasteiger partial charge in [0.1, 0.15) is 17.1 Å². The van der Waals surface area contributed by atoms with E-state index in [4.69, 9.17) is 15.2 Å². The summed E-state index contributed by atoms with van der Waals surface area (Å²) in [6.45, 7) is 2.00. The van der Waals surface area contributed by atoms with Crippen molar-refractivity contribution in [2.75, 3.05) is 19.5 Å². The molecule has 3 rings (SSSR count). The van der Waals surface area contributed by atoms with E-state index in [0.29, 0.717) is 11.3 Å². The molecule has 0 aliphatic heterocycles. The molecule has 0 atom stereocenters. The summed E-state index contributed by atoms with van der Waals surface area (Å²) in [5.74, 6) is 0.453. The first kappa shape index (κ1) is 14.8. The number of carbonyl (C=O) groups excluding carboxylic acids is 1. The second-order valence-corrected chi connectivity index (χ2v) is 4.81. The molecule has 118 valence electrons. The van der Waals surface area contributed by atoms with Gasteiger partial charge in [-0.25, -0.2) is 9.78 Å². The Bertz CT molecular complexity index is 856. The minimum absolute atomic E-state index is 0.198. The lowest BCUT2D eigenvalue weighted by Crippen LogP contribution is -2.12. The summed E-state index contributed by atoms with van der Waals surface area (Å²) in [6.07, 6.45) is 1.40. The molecule has 0 bridgehead atoms. The molecule has 23 heavy (non-hydrogen) atoms. The molecule has 2 heterocycles. The largest absolute Gasteiger partial charge is 0.497 e. The van der Waals surface area contributed by atoms with E-state index in [0.717, 1.165) is 11.3 Å². The van der Waals surface area contributed by atoms with Crippen LogP contribution in [0.1, 0.15) is 17.3 Å². The van der Waals surface area contributed by atoms with Gasteiger partial charge in [-0.15, -0.1) is 0 Å². The molecule has 0 unspecified atom stereocenters. The highest BCUT2D eigenvalue weighted by atomic mass is 16.5. The maximum atomic E-state index is 11.9. The minimum atomic E-state index is -0.513. The Balaban J connectivity index is 2.04. The molecule has 0 saturated heterocycles. The van der Waals surface area contributed by atoms with Crippen LogP contribution in [-0.2, 0) is 4.74 Å². The highest BCUT2D eigenvalue weighted by molar-refractivity contribution is 5.94. The number of benzene rings is 1. The average molecular weight is 312 g/mol. The van der Waals surface area contributed by atoms with Crippen molar-refractivity contribution < 1.29 is 14.3 Å². The summed E-state index contributed by atoms with van der Waals surface area (Å²) in [7, 11) is 1.61. The molecule has 7 nitrogen and oxygen atoms in total. The Morgan fingerprint density at radius 1 is 1.30 bits per heavy atom. The molecule has 0 radical (unpaired) electrons. The molecular weight excluding hydrogens is 296 g/mol. The fraction of sp³-hybridized carbons (Fsp3) is 0.188. The van der Waals surface area contributed by atoms with E-state index in [-0.39, 0.29) is 18.0 Å². The van der Waals surface area contributed by atoms with Crippen molar-refractivity contribution in [1.29, 1.82) is 0 Å². The highest BCUT2D eigenvalue weighted by Gasteiger charge is 2.16. The van der Waals surface area contributed by atoms with E-state index in [1.165, 1.54) is 10.7 Å². The van der Waals surface area contributed by atoms with Gasteiger partial charge in [0.2, 0.25) is 0 Å². The Kier molecular flexibility index (Phi) is 3.84. The molecule has 3 aromatic rings. The number of esters is 1. The second-order valence-electron chi connectivity index (χ2n) is 4.81. The fourth-order valence-electron chi connectivity index (χ4n) is 2.22. The quantitative estimate of drug-likeness (QED) is 0.742. The zero-order valence-electron chi connectivity index (χ0n) is 12.8. The number of rotatable bonds is 4.